The Labute approximate surface area is 87.5 Å². The molecule has 1 fully saturated rings. The number of aromatic nitrogens is 1. The van der Waals surface area contributed by atoms with E-state index in [1.54, 1.807) is 16.8 Å². The molecule has 0 saturated heterocycles. The molecule has 15 heavy (non-hydrogen) atoms. The summed E-state index contributed by atoms with van der Waals surface area (Å²) in [5.74, 6) is -0.571. The number of carbonyl (C=O) groups excluding carboxylic acids is 1. The van der Waals surface area contributed by atoms with E-state index in [9.17, 15) is 9.59 Å². The second-order valence-electron chi connectivity index (χ2n) is 4.09. The summed E-state index contributed by atoms with van der Waals surface area (Å²) in [5, 5.41) is 0. The second kappa shape index (κ2) is 3.22. The fourth-order valence-electron chi connectivity index (χ4n) is 1.61. The van der Waals surface area contributed by atoms with E-state index in [1.165, 1.54) is 13.2 Å². The third-order valence-corrected chi connectivity index (χ3v) is 2.91. The van der Waals surface area contributed by atoms with Gasteiger partial charge in [0.15, 0.2) is 0 Å². The molecule has 1 aromatic rings. The molecular weight excluding hydrogens is 194 g/mol. The average Bonchev–Trinajstić information content (AvgIpc) is 2.97. The van der Waals surface area contributed by atoms with Gasteiger partial charge in [-0.15, -0.1) is 0 Å². The molecule has 0 spiro atoms. The molecule has 80 valence electrons. The van der Waals surface area contributed by atoms with Gasteiger partial charge in [-0.1, -0.05) is 0 Å². The van der Waals surface area contributed by atoms with Crippen LogP contribution in [0.1, 0.15) is 30.1 Å². The Morgan fingerprint density at radius 3 is 2.73 bits per heavy atom. The normalized spacial score (nSPS) is 17.2. The highest BCUT2D eigenvalue weighted by atomic mass is 16.5. The maximum atomic E-state index is 11.9. The monoisotopic (exact) mass is 207 g/mol. The summed E-state index contributed by atoms with van der Waals surface area (Å²) in [6.07, 6.45) is 3.69. The molecule has 0 unspecified atom stereocenters. The smallest absolute Gasteiger partial charge is 0.343 e. The summed E-state index contributed by atoms with van der Waals surface area (Å²) >= 11 is 0. The summed E-state index contributed by atoms with van der Waals surface area (Å²) in [7, 11) is 1.28. The van der Waals surface area contributed by atoms with Gasteiger partial charge < -0.3 is 9.30 Å². The summed E-state index contributed by atoms with van der Waals surface area (Å²) in [6, 6.07) is 3.20. The quantitative estimate of drug-likeness (QED) is 0.683. The first-order chi connectivity index (χ1) is 7.08. The summed E-state index contributed by atoms with van der Waals surface area (Å²) in [4.78, 5) is 23.2. The fourth-order valence-corrected chi connectivity index (χ4v) is 1.61. The highest BCUT2D eigenvalue weighted by Gasteiger charge is 2.40. The highest BCUT2D eigenvalue weighted by Crippen LogP contribution is 2.41. The van der Waals surface area contributed by atoms with Crippen LogP contribution in [0.3, 0.4) is 0 Å². The Balaban J connectivity index is 2.51. The van der Waals surface area contributed by atoms with Crippen molar-refractivity contribution in [3.8, 4) is 0 Å². The standard InChI is InChI=1S/C11H13NO3/c1-11(5-6-11)12-7-3-4-8(9(12)13)10(14)15-2/h3-4,7H,5-6H2,1-2H3. The molecule has 1 aromatic heterocycles. The lowest BCUT2D eigenvalue weighted by atomic mass is 10.2. The molecule has 0 radical (unpaired) electrons. The number of hydrogen-bond donors (Lipinski definition) is 0. The number of methoxy groups -OCH3 is 1. The predicted molar refractivity (Wildman–Crippen MR) is 54.9 cm³/mol. The van der Waals surface area contributed by atoms with E-state index in [-0.39, 0.29) is 16.7 Å². The third kappa shape index (κ3) is 1.56. The lowest BCUT2D eigenvalue weighted by molar-refractivity contribution is 0.0597. The fraction of sp³-hybridized carbons (Fsp3) is 0.455. The Hall–Kier alpha value is -1.58. The average molecular weight is 207 g/mol. The molecule has 0 N–H and O–H groups in total. The van der Waals surface area contributed by atoms with Crippen molar-refractivity contribution in [2.24, 2.45) is 0 Å². The first-order valence-electron chi connectivity index (χ1n) is 4.89. The van der Waals surface area contributed by atoms with Crippen molar-refractivity contribution in [3.05, 3.63) is 34.2 Å². The van der Waals surface area contributed by atoms with Gasteiger partial charge in [0.25, 0.3) is 5.56 Å². The Bertz CT molecular complexity index is 457. The Morgan fingerprint density at radius 1 is 1.53 bits per heavy atom. The van der Waals surface area contributed by atoms with Gasteiger partial charge >= 0.3 is 5.97 Å². The first kappa shape index (κ1) is 9.96. The molecule has 0 aliphatic heterocycles. The molecule has 4 heteroatoms. The van der Waals surface area contributed by atoms with Crippen LogP contribution in [0.15, 0.2) is 23.1 Å². The number of rotatable bonds is 2. The van der Waals surface area contributed by atoms with Gasteiger partial charge in [-0.05, 0) is 31.9 Å². The summed E-state index contributed by atoms with van der Waals surface area (Å²) in [5.41, 5.74) is -0.251. The van der Waals surface area contributed by atoms with E-state index in [4.69, 9.17) is 0 Å². The number of carbonyl (C=O) groups is 1. The molecule has 1 aliphatic rings. The maximum absolute atomic E-state index is 11.9. The minimum Gasteiger partial charge on any atom is -0.465 e. The molecule has 0 bridgehead atoms. The van der Waals surface area contributed by atoms with Gasteiger partial charge in [0.1, 0.15) is 5.56 Å². The minimum absolute atomic E-state index is 0.0961. The molecule has 0 amide bonds. The van der Waals surface area contributed by atoms with Crippen LogP contribution in [0.5, 0.6) is 0 Å². The Morgan fingerprint density at radius 2 is 2.20 bits per heavy atom. The number of esters is 1. The lowest BCUT2D eigenvalue weighted by Gasteiger charge is -2.13. The molecule has 4 nitrogen and oxygen atoms in total. The van der Waals surface area contributed by atoms with Crippen LogP contribution >= 0.6 is 0 Å². The molecule has 2 rings (SSSR count). The van der Waals surface area contributed by atoms with Gasteiger partial charge in [-0.3, -0.25) is 4.79 Å². The van der Waals surface area contributed by atoms with Crippen molar-refractivity contribution < 1.29 is 9.53 Å². The second-order valence-corrected chi connectivity index (χ2v) is 4.09. The minimum atomic E-state index is -0.571. The predicted octanol–water partition coefficient (Wildman–Crippen LogP) is 1.14. The topological polar surface area (TPSA) is 48.3 Å². The van der Waals surface area contributed by atoms with Gasteiger partial charge in [0, 0.05) is 11.7 Å². The number of nitrogens with zero attached hydrogens (tertiary/aromatic N) is 1. The number of pyridine rings is 1. The molecule has 1 aliphatic carbocycles. The molecule has 0 aromatic carbocycles. The Kier molecular flexibility index (Phi) is 2.14. The largest absolute Gasteiger partial charge is 0.465 e. The summed E-state index contributed by atoms with van der Waals surface area (Å²) < 4.78 is 6.18. The zero-order valence-electron chi connectivity index (χ0n) is 8.82. The van der Waals surface area contributed by atoms with Crippen LogP contribution in [0.4, 0.5) is 0 Å². The van der Waals surface area contributed by atoms with Crippen LogP contribution < -0.4 is 5.56 Å². The van der Waals surface area contributed by atoms with Crippen molar-refractivity contribution in [2.45, 2.75) is 25.3 Å². The van der Waals surface area contributed by atoms with Gasteiger partial charge in [0.05, 0.1) is 7.11 Å². The lowest BCUT2D eigenvalue weighted by Crippen LogP contribution is -2.31. The summed E-state index contributed by atoms with van der Waals surface area (Å²) in [6.45, 7) is 2.01. The van der Waals surface area contributed by atoms with Crippen LogP contribution in [-0.4, -0.2) is 17.6 Å². The van der Waals surface area contributed by atoms with Crippen LogP contribution in [0.25, 0.3) is 0 Å². The van der Waals surface area contributed by atoms with Crippen LogP contribution in [0.2, 0.25) is 0 Å². The zero-order valence-corrected chi connectivity index (χ0v) is 8.82. The SMILES string of the molecule is COC(=O)c1cccn(C2(C)CC2)c1=O. The van der Waals surface area contributed by atoms with E-state index < -0.39 is 5.97 Å². The van der Waals surface area contributed by atoms with Crippen molar-refractivity contribution in [2.75, 3.05) is 7.11 Å². The van der Waals surface area contributed by atoms with E-state index in [2.05, 4.69) is 4.74 Å². The number of hydrogen-bond acceptors (Lipinski definition) is 3. The van der Waals surface area contributed by atoms with E-state index >= 15 is 0 Å². The molecular formula is C11H13NO3. The molecule has 0 atom stereocenters. The van der Waals surface area contributed by atoms with Gasteiger partial charge in [0.2, 0.25) is 0 Å². The number of ether oxygens (including phenoxy) is 1. The van der Waals surface area contributed by atoms with Crippen LogP contribution in [0, 0.1) is 0 Å². The van der Waals surface area contributed by atoms with E-state index in [1.807, 2.05) is 6.92 Å². The van der Waals surface area contributed by atoms with Crippen molar-refractivity contribution in [1.82, 2.24) is 4.57 Å². The van der Waals surface area contributed by atoms with Crippen molar-refractivity contribution >= 4 is 5.97 Å². The van der Waals surface area contributed by atoms with Gasteiger partial charge in [-0.25, -0.2) is 4.79 Å². The highest BCUT2D eigenvalue weighted by molar-refractivity contribution is 5.88. The van der Waals surface area contributed by atoms with Gasteiger partial charge in [-0.2, -0.15) is 0 Å². The third-order valence-electron chi connectivity index (χ3n) is 2.91. The van der Waals surface area contributed by atoms with Crippen molar-refractivity contribution in [1.29, 1.82) is 0 Å². The van der Waals surface area contributed by atoms with E-state index in [0.29, 0.717) is 0 Å². The van der Waals surface area contributed by atoms with Crippen molar-refractivity contribution in [3.63, 3.8) is 0 Å². The maximum Gasteiger partial charge on any atom is 0.343 e. The molecule has 1 saturated carbocycles. The zero-order chi connectivity index (χ0) is 11.1. The van der Waals surface area contributed by atoms with E-state index in [0.717, 1.165) is 12.8 Å². The first-order valence-corrected chi connectivity index (χ1v) is 4.89. The molecule has 1 heterocycles. The van der Waals surface area contributed by atoms with Crippen LogP contribution in [-0.2, 0) is 10.3 Å².